The topological polar surface area (TPSA) is 19.9 Å². The average Bonchev–Trinajstić information content (AvgIpc) is 1.94. The van der Waals surface area contributed by atoms with Gasteiger partial charge in [-0.25, -0.2) is 4.39 Å². The van der Waals surface area contributed by atoms with Gasteiger partial charge >= 0.3 is 0 Å². The zero-order valence-electron chi connectivity index (χ0n) is 5.73. The van der Waals surface area contributed by atoms with Gasteiger partial charge in [0.1, 0.15) is 5.82 Å². The molecule has 1 radical (unpaired) electrons. The molecule has 1 aromatic rings. The van der Waals surface area contributed by atoms with E-state index in [0.29, 0.717) is 12.0 Å². The van der Waals surface area contributed by atoms with Crippen molar-refractivity contribution in [3.05, 3.63) is 29.6 Å². The maximum atomic E-state index is 12.4. The van der Waals surface area contributed by atoms with Gasteiger partial charge in [-0.1, -0.05) is 6.92 Å². The summed E-state index contributed by atoms with van der Waals surface area (Å²) in [5, 5.41) is 10.8. The second kappa shape index (κ2) is 2.69. The highest BCUT2D eigenvalue weighted by Gasteiger charge is 2.00. The molecule has 10 heavy (non-hydrogen) atoms. The first kappa shape index (κ1) is 7.06. The number of rotatable bonds is 1. The van der Waals surface area contributed by atoms with Crippen LogP contribution < -0.4 is 0 Å². The van der Waals surface area contributed by atoms with Gasteiger partial charge in [-0.3, -0.25) is 5.11 Å². The van der Waals surface area contributed by atoms with E-state index in [1.165, 1.54) is 18.2 Å². The smallest absolute Gasteiger partial charge is 0.182 e. The van der Waals surface area contributed by atoms with Gasteiger partial charge in [-0.2, -0.15) is 0 Å². The van der Waals surface area contributed by atoms with Crippen molar-refractivity contribution < 1.29 is 9.50 Å². The Kier molecular flexibility index (Phi) is 1.90. The molecule has 0 aliphatic rings. The van der Waals surface area contributed by atoms with Crippen LogP contribution in [0.1, 0.15) is 12.5 Å². The van der Waals surface area contributed by atoms with E-state index in [1.807, 2.05) is 6.92 Å². The summed E-state index contributed by atoms with van der Waals surface area (Å²) < 4.78 is 12.4. The largest absolute Gasteiger partial charge is 0.290 e. The highest BCUT2D eigenvalue weighted by atomic mass is 19.1. The van der Waals surface area contributed by atoms with Crippen LogP contribution in [0.15, 0.2) is 18.2 Å². The Hall–Kier alpha value is -1.05. The molecule has 0 aliphatic carbocycles. The van der Waals surface area contributed by atoms with Crippen LogP contribution in [0.2, 0.25) is 0 Å². The fourth-order valence-electron chi connectivity index (χ4n) is 0.824. The summed E-state index contributed by atoms with van der Waals surface area (Å²) in [5.74, 6) is -0.416. The minimum Gasteiger partial charge on any atom is -0.290 e. The minimum atomic E-state index is -0.337. The van der Waals surface area contributed by atoms with E-state index < -0.39 is 0 Å². The normalized spacial score (nSPS) is 9.80. The number of hydrogen-bond acceptors (Lipinski definition) is 0. The maximum absolute atomic E-state index is 12.4. The van der Waals surface area contributed by atoms with Crippen LogP contribution in [0.5, 0.6) is 5.75 Å². The number of halogens is 1. The first-order valence-electron chi connectivity index (χ1n) is 3.19. The number of hydrogen-bond donors (Lipinski definition) is 0. The summed E-state index contributed by atoms with van der Waals surface area (Å²) in [6.45, 7) is 1.83. The molecule has 2 heteroatoms. The molecule has 0 spiro atoms. The van der Waals surface area contributed by atoms with E-state index in [2.05, 4.69) is 0 Å². The Morgan fingerprint density at radius 1 is 1.50 bits per heavy atom. The monoisotopic (exact) mass is 139 g/mol. The first-order valence-corrected chi connectivity index (χ1v) is 3.19. The molecule has 0 atom stereocenters. The molecule has 0 bridgehead atoms. The third-order valence-corrected chi connectivity index (χ3v) is 1.40. The highest BCUT2D eigenvalue weighted by molar-refractivity contribution is 5.31. The molecular weight excluding hydrogens is 131 g/mol. The van der Waals surface area contributed by atoms with Crippen LogP contribution in [0, 0.1) is 5.82 Å². The van der Waals surface area contributed by atoms with Crippen molar-refractivity contribution in [1.82, 2.24) is 0 Å². The standard InChI is InChI=1S/C8H8FO/c1-2-6-5-7(9)3-4-8(6)10/h3-5H,2H2,1H3. The van der Waals surface area contributed by atoms with E-state index in [-0.39, 0.29) is 11.6 Å². The Bertz CT molecular complexity index is 233. The minimum absolute atomic E-state index is 0.0797. The van der Waals surface area contributed by atoms with Gasteiger partial charge in [0.15, 0.2) is 5.75 Å². The number of benzene rings is 1. The van der Waals surface area contributed by atoms with Crippen LogP contribution in [-0.2, 0) is 11.5 Å². The lowest BCUT2D eigenvalue weighted by molar-refractivity contribution is 0.349. The molecule has 53 valence electrons. The fraction of sp³-hybridized carbons (Fsp3) is 0.250. The van der Waals surface area contributed by atoms with E-state index in [1.54, 1.807) is 0 Å². The van der Waals surface area contributed by atoms with Crippen molar-refractivity contribution in [2.24, 2.45) is 0 Å². The zero-order valence-corrected chi connectivity index (χ0v) is 5.73. The summed E-state index contributed by atoms with van der Waals surface area (Å²) in [7, 11) is 0. The SMILES string of the molecule is CCc1cc(F)ccc1[O]. The molecule has 1 aromatic carbocycles. The Morgan fingerprint density at radius 3 is 2.70 bits per heavy atom. The van der Waals surface area contributed by atoms with Crippen molar-refractivity contribution in [1.29, 1.82) is 0 Å². The van der Waals surface area contributed by atoms with Crippen molar-refractivity contribution in [2.45, 2.75) is 13.3 Å². The van der Waals surface area contributed by atoms with Gasteiger partial charge in [0.2, 0.25) is 0 Å². The maximum Gasteiger partial charge on any atom is 0.182 e. The molecule has 0 N–H and O–H groups in total. The van der Waals surface area contributed by atoms with E-state index >= 15 is 0 Å². The van der Waals surface area contributed by atoms with Crippen LogP contribution in [0.25, 0.3) is 0 Å². The number of aryl methyl sites for hydroxylation is 1. The lowest BCUT2D eigenvalue weighted by Gasteiger charge is -1.96. The summed E-state index contributed by atoms with van der Waals surface area (Å²) in [6, 6.07) is 3.72. The van der Waals surface area contributed by atoms with E-state index in [9.17, 15) is 9.50 Å². The third-order valence-electron chi connectivity index (χ3n) is 1.40. The molecular formula is C8H8FO. The predicted molar refractivity (Wildman–Crippen MR) is 35.9 cm³/mol. The molecule has 0 amide bonds. The van der Waals surface area contributed by atoms with Crippen LogP contribution >= 0.6 is 0 Å². The molecule has 1 nitrogen and oxygen atoms in total. The van der Waals surface area contributed by atoms with Crippen LogP contribution in [0.4, 0.5) is 4.39 Å². The van der Waals surface area contributed by atoms with Gasteiger partial charge in [0.25, 0.3) is 0 Å². The zero-order chi connectivity index (χ0) is 7.56. The Morgan fingerprint density at radius 2 is 2.20 bits per heavy atom. The average molecular weight is 139 g/mol. The Balaban J connectivity index is 3.09. The molecule has 0 heterocycles. The van der Waals surface area contributed by atoms with Crippen molar-refractivity contribution in [3.63, 3.8) is 0 Å². The first-order chi connectivity index (χ1) is 4.74. The lowest BCUT2D eigenvalue weighted by Crippen LogP contribution is -1.81. The summed E-state index contributed by atoms with van der Waals surface area (Å²) in [5.41, 5.74) is 0.542. The fourth-order valence-corrected chi connectivity index (χ4v) is 0.824. The van der Waals surface area contributed by atoms with Crippen molar-refractivity contribution in [2.75, 3.05) is 0 Å². The van der Waals surface area contributed by atoms with Gasteiger partial charge in [0, 0.05) is 5.56 Å². The lowest BCUT2D eigenvalue weighted by atomic mass is 10.1. The molecule has 0 unspecified atom stereocenters. The molecule has 0 fully saturated rings. The second-order valence-corrected chi connectivity index (χ2v) is 2.11. The Labute approximate surface area is 59.1 Å². The molecule has 0 aromatic heterocycles. The summed E-state index contributed by atoms with van der Waals surface area (Å²) in [4.78, 5) is 0. The van der Waals surface area contributed by atoms with Gasteiger partial charge in [0.05, 0.1) is 0 Å². The predicted octanol–water partition coefficient (Wildman–Crippen LogP) is 2.53. The van der Waals surface area contributed by atoms with Gasteiger partial charge in [-0.05, 0) is 24.6 Å². The summed E-state index contributed by atoms with van der Waals surface area (Å²) >= 11 is 0. The molecule has 0 saturated heterocycles. The van der Waals surface area contributed by atoms with Crippen LogP contribution in [-0.4, -0.2) is 0 Å². The molecule has 1 rings (SSSR count). The van der Waals surface area contributed by atoms with E-state index in [4.69, 9.17) is 0 Å². The third kappa shape index (κ3) is 1.26. The van der Waals surface area contributed by atoms with E-state index in [0.717, 1.165) is 0 Å². The highest BCUT2D eigenvalue weighted by Crippen LogP contribution is 2.18. The summed E-state index contributed by atoms with van der Waals surface area (Å²) in [6.07, 6.45) is 0.594. The second-order valence-electron chi connectivity index (χ2n) is 2.11. The van der Waals surface area contributed by atoms with Gasteiger partial charge < -0.3 is 0 Å². The van der Waals surface area contributed by atoms with Crippen molar-refractivity contribution in [3.8, 4) is 5.75 Å². The van der Waals surface area contributed by atoms with Crippen molar-refractivity contribution >= 4 is 0 Å². The molecule has 0 saturated carbocycles. The quantitative estimate of drug-likeness (QED) is 0.569. The van der Waals surface area contributed by atoms with Crippen LogP contribution in [0.3, 0.4) is 0 Å². The van der Waals surface area contributed by atoms with Gasteiger partial charge in [-0.15, -0.1) is 0 Å². The molecule has 0 aliphatic heterocycles.